The van der Waals surface area contributed by atoms with Crippen molar-refractivity contribution in [2.75, 3.05) is 0 Å². The van der Waals surface area contributed by atoms with Crippen LogP contribution in [0.5, 0.6) is 0 Å². The Morgan fingerprint density at radius 3 is 2.28 bits per heavy atom. The molecule has 0 atom stereocenters. The van der Waals surface area contributed by atoms with E-state index >= 15 is 0 Å². The van der Waals surface area contributed by atoms with E-state index in [1.807, 2.05) is 38.1 Å². The van der Waals surface area contributed by atoms with Crippen LogP contribution in [0.2, 0.25) is 0 Å². The molecular weight excluding hydrogens is 318 g/mol. The van der Waals surface area contributed by atoms with Crippen LogP contribution in [0.15, 0.2) is 58.5 Å². The fourth-order valence-corrected chi connectivity index (χ4v) is 2.15. The van der Waals surface area contributed by atoms with Gasteiger partial charge in [0, 0.05) is 0 Å². The Balaban J connectivity index is 2.32. The van der Waals surface area contributed by atoms with Crippen molar-refractivity contribution in [3.05, 3.63) is 54.1 Å². The minimum Gasteiger partial charge on any atom is -0.459 e. The molecule has 0 radical (unpaired) electrons. The third kappa shape index (κ3) is 5.35. The molecule has 0 unspecified atom stereocenters. The molecule has 0 aromatic heterocycles. The minimum absolute atomic E-state index is 0.0357. The Kier molecular flexibility index (Phi) is 5.73. The summed E-state index contributed by atoms with van der Waals surface area (Å²) in [6, 6.07) is 14.5. The van der Waals surface area contributed by atoms with Crippen LogP contribution >= 0.6 is 0 Å². The molecule has 0 amide bonds. The van der Waals surface area contributed by atoms with Crippen molar-refractivity contribution < 1.29 is 9.53 Å². The molecule has 0 fully saturated rings. The van der Waals surface area contributed by atoms with Gasteiger partial charge in [-0.05, 0) is 49.2 Å². The number of hydrogen-bond acceptors (Lipinski definition) is 3. The van der Waals surface area contributed by atoms with Crippen LogP contribution in [0.4, 0.5) is 5.69 Å². The van der Waals surface area contributed by atoms with Crippen LogP contribution in [0, 0.1) is 0 Å². The summed E-state index contributed by atoms with van der Waals surface area (Å²) in [4.78, 5) is 19.9. The van der Waals surface area contributed by atoms with Gasteiger partial charge in [0.2, 0.25) is 5.96 Å². The number of nitrogens with zero attached hydrogens (tertiary/aromatic N) is 2. The van der Waals surface area contributed by atoms with Crippen molar-refractivity contribution in [3.8, 4) is 11.1 Å². The third-order valence-electron chi connectivity index (χ3n) is 3.11. The van der Waals surface area contributed by atoms with Gasteiger partial charge in [-0.1, -0.05) is 24.3 Å². The monoisotopic (exact) mass is 339 g/mol. The molecule has 0 heterocycles. The zero-order chi connectivity index (χ0) is 18.4. The molecule has 7 nitrogen and oxygen atoms in total. The number of aliphatic imine (C=N–C) groups is 2. The predicted molar refractivity (Wildman–Crippen MR) is 99.5 cm³/mol. The lowest BCUT2D eigenvalue weighted by molar-refractivity contribution is 0.0378. The SMILES string of the molecule is CC(C)OC(=O)c1cccc(-c2cccc(N=C(N)N=C(N)N)c2)c1. The van der Waals surface area contributed by atoms with Crippen LogP contribution in [-0.4, -0.2) is 24.0 Å². The molecule has 0 aliphatic rings. The topological polar surface area (TPSA) is 129 Å². The molecule has 130 valence electrons. The average molecular weight is 339 g/mol. The molecule has 0 aliphatic heterocycles. The van der Waals surface area contributed by atoms with Gasteiger partial charge in [0.25, 0.3) is 0 Å². The standard InChI is InChI=1S/C18H21N5O2/c1-11(2)25-16(24)14-7-3-5-12(9-14)13-6-4-8-15(10-13)22-18(21)23-17(19)20/h3-11H,1-2H3,(H6,19,20,21,22,23). The molecule has 2 aromatic rings. The van der Waals surface area contributed by atoms with Crippen molar-refractivity contribution in [1.82, 2.24) is 0 Å². The lowest BCUT2D eigenvalue weighted by Crippen LogP contribution is -2.26. The summed E-state index contributed by atoms with van der Waals surface area (Å²) >= 11 is 0. The van der Waals surface area contributed by atoms with Gasteiger partial charge >= 0.3 is 5.97 Å². The van der Waals surface area contributed by atoms with Gasteiger partial charge in [-0.25, -0.2) is 9.79 Å². The van der Waals surface area contributed by atoms with Gasteiger partial charge in [-0.15, -0.1) is 0 Å². The third-order valence-corrected chi connectivity index (χ3v) is 3.11. The van der Waals surface area contributed by atoms with E-state index in [0.29, 0.717) is 11.3 Å². The van der Waals surface area contributed by atoms with Crippen LogP contribution in [0.25, 0.3) is 11.1 Å². The van der Waals surface area contributed by atoms with Crippen molar-refractivity contribution >= 4 is 23.6 Å². The van der Waals surface area contributed by atoms with Crippen molar-refractivity contribution in [2.24, 2.45) is 27.2 Å². The maximum atomic E-state index is 12.1. The average Bonchev–Trinajstić information content (AvgIpc) is 2.53. The lowest BCUT2D eigenvalue weighted by Gasteiger charge is -2.09. The first-order chi connectivity index (χ1) is 11.8. The van der Waals surface area contributed by atoms with Crippen LogP contribution in [-0.2, 0) is 4.74 Å². The summed E-state index contributed by atoms with van der Waals surface area (Å²) in [5, 5.41) is 0. The number of guanidine groups is 2. The highest BCUT2D eigenvalue weighted by atomic mass is 16.5. The van der Waals surface area contributed by atoms with E-state index in [2.05, 4.69) is 9.98 Å². The van der Waals surface area contributed by atoms with E-state index in [0.717, 1.165) is 11.1 Å². The van der Waals surface area contributed by atoms with E-state index in [4.69, 9.17) is 21.9 Å². The highest BCUT2D eigenvalue weighted by Gasteiger charge is 2.10. The van der Waals surface area contributed by atoms with E-state index in [-0.39, 0.29) is 24.0 Å². The Bertz CT molecular complexity index is 824. The number of rotatable bonds is 4. The summed E-state index contributed by atoms with van der Waals surface area (Å²) in [6.07, 6.45) is -0.174. The second kappa shape index (κ2) is 7.96. The van der Waals surface area contributed by atoms with E-state index in [9.17, 15) is 4.79 Å². The molecule has 0 saturated heterocycles. The Hall–Kier alpha value is -3.35. The normalized spacial score (nSPS) is 11.2. The van der Waals surface area contributed by atoms with Crippen LogP contribution in [0.1, 0.15) is 24.2 Å². The number of benzene rings is 2. The van der Waals surface area contributed by atoms with Crippen molar-refractivity contribution in [1.29, 1.82) is 0 Å². The molecule has 0 spiro atoms. The summed E-state index contributed by atoms with van der Waals surface area (Å²) < 4.78 is 5.22. The van der Waals surface area contributed by atoms with Gasteiger partial charge in [0.15, 0.2) is 5.96 Å². The van der Waals surface area contributed by atoms with E-state index < -0.39 is 0 Å². The molecule has 25 heavy (non-hydrogen) atoms. The lowest BCUT2D eigenvalue weighted by atomic mass is 10.0. The summed E-state index contributed by atoms with van der Waals surface area (Å²) in [6.45, 7) is 3.62. The fraction of sp³-hybridized carbons (Fsp3) is 0.167. The quantitative estimate of drug-likeness (QED) is 0.446. The number of hydrogen-bond donors (Lipinski definition) is 3. The maximum absolute atomic E-state index is 12.1. The van der Waals surface area contributed by atoms with Gasteiger partial charge in [0.05, 0.1) is 17.4 Å². The molecule has 2 rings (SSSR count). The Morgan fingerprint density at radius 2 is 1.64 bits per heavy atom. The largest absolute Gasteiger partial charge is 0.459 e. The zero-order valence-corrected chi connectivity index (χ0v) is 14.1. The zero-order valence-electron chi connectivity index (χ0n) is 14.1. The first-order valence-electron chi connectivity index (χ1n) is 7.70. The van der Waals surface area contributed by atoms with Crippen molar-refractivity contribution in [2.45, 2.75) is 20.0 Å². The Labute approximate surface area is 146 Å². The molecular formula is C18H21N5O2. The summed E-state index contributed by atoms with van der Waals surface area (Å²) in [5.41, 5.74) is 19.0. The molecule has 0 bridgehead atoms. The summed E-state index contributed by atoms with van der Waals surface area (Å²) in [5.74, 6) is -0.553. The van der Waals surface area contributed by atoms with Crippen LogP contribution < -0.4 is 17.2 Å². The first kappa shape index (κ1) is 18.0. The first-order valence-corrected chi connectivity index (χ1v) is 7.70. The number of esters is 1. The van der Waals surface area contributed by atoms with Gasteiger partial charge < -0.3 is 21.9 Å². The second-order valence-electron chi connectivity index (χ2n) is 5.59. The van der Waals surface area contributed by atoms with Gasteiger partial charge in [-0.3, -0.25) is 0 Å². The molecule has 7 heteroatoms. The predicted octanol–water partition coefficient (Wildman–Crippen LogP) is 2.14. The smallest absolute Gasteiger partial charge is 0.338 e. The highest BCUT2D eigenvalue weighted by Crippen LogP contribution is 2.25. The molecule has 2 aromatic carbocycles. The number of ether oxygens (including phenoxy) is 1. The molecule has 0 aliphatic carbocycles. The molecule has 6 N–H and O–H groups in total. The van der Waals surface area contributed by atoms with E-state index in [1.165, 1.54) is 0 Å². The number of carbonyl (C=O) groups is 1. The highest BCUT2D eigenvalue weighted by molar-refractivity contribution is 5.94. The number of carbonyl (C=O) groups excluding carboxylic acids is 1. The summed E-state index contributed by atoms with van der Waals surface area (Å²) in [7, 11) is 0. The number of nitrogens with two attached hydrogens (primary N) is 3. The maximum Gasteiger partial charge on any atom is 0.338 e. The van der Waals surface area contributed by atoms with Crippen molar-refractivity contribution in [3.63, 3.8) is 0 Å². The van der Waals surface area contributed by atoms with Gasteiger partial charge in [-0.2, -0.15) is 4.99 Å². The van der Waals surface area contributed by atoms with Gasteiger partial charge in [0.1, 0.15) is 0 Å². The van der Waals surface area contributed by atoms with E-state index in [1.54, 1.807) is 24.3 Å². The fourth-order valence-electron chi connectivity index (χ4n) is 2.15. The molecule has 0 saturated carbocycles. The van der Waals surface area contributed by atoms with Crippen LogP contribution in [0.3, 0.4) is 0 Å². The minimum atomic E-state index is -0.358. The second-order valence-corrected chi connectivity index (χ2v) is 5.59. The Morgan fingerprint density at radius 1 is 1.00 bits per heavy atom.